The molecule has 132 valence electrons. The van der Waals surface area contributed by atoms with E-state index in [1.165, 1.54) is 0 Å². The van der Waals surface area contributed by atoms with Crippen molar-refractivity contribution in [2.75, 3.05) is 5.32 Å². The fraction of sp³-hybridized carbons (Fsp3) is 0.316. The minimum atomic E-state index is -0.280. The minimum Gasteiger partial charge on any atom is -0.352 e. The maximum atomic E-state index is 12.0. The van der Waals surface area contributed by atoms with Crippen LogP contribution in [-0.2, 0) is 17.9 Å². The summed E-state index contributed by atoms with van der Waals surface area (Å²) >= 11 is 0. The Morgan fingerprint density at radius 1 is 1.00 bits per heavy atom. The van der Waals surface area contributed by atoms with Crippen LogP contribution in [0.1, 0.15) is 31.4 Å². The Morgan fingerprint density at radius 3 is 2.44 bits per heavy atom. The zero-order chi connectivity index (χ0) is 18.1. The molecule has 0 saturated carbocycles. The molecule has 6 heteroatoms. The number of nitrogens with one attached hydrogen (secondary N) is 3. The van der Waals surface area contributed by atoms with Crippen molar-refractivity contribution in [3.05, 3.63) is 59.9 Å². The van der Waals surface area contributed by atoms with Crippen LogP contribution in [0, 0.1) is 5.92 Å². The van der Waals surface area contributed by atoms with E-state index in [2.05, 4.69) is 20.9 Å². The summed E-state index contributed by atoms with van der Waals surface area (Å²) in [6.07, 6.45) is 3.88. The molecule has 1 aromatic carbocycles. The highest BCUT2D eigenvalue weighted by Gasteiger charge is 2.06. The molecule has 0 aliphatic heterocycles. The second-order valence-electron chi connectivity index (χ2n) is 6.24. The lowest BCUT2D eigenvalue weighted by atomic mass is 10.1. The van der Waals surface area contributed by atoms with Gasteiger partial charge in [-0.05, 0) is 41.3 Å². The number of aromatic nitrogens is 1. The highest BCUT2D eigenvalue weighted by molar-refractivity contribution is 5.89. The van der Waals surface area contributed by atoms with Crippen molar-refractivity contribution in [2.24, 2.45) is 5.92 Å². The lowest BCUT2D eigenvalue weighted by Crippen LogP contribution is -2.28. The maximum Gasteiger partial charge on any atom is 0.319 e. The number of pyridine rings is 1. The van der Waals surface area contributed by atoms with Gasteiger partial charge in [0.15, 0.2) is 0 Å². The van der Waals surface area contributed by atoms with E-state index in [1.807, 2.05) is 50.2 Å². The van der Waals surface area contributed by atoms with Crippen molar-refractivity contribution in [3.8, 4) is 0 Å². The molecule has 0 aliphatic carbocycles. The van der Waals surface area contributed by atoms with Crippen LogP contribution in [0.5, 0.6) is 0 Å². The lowest BCUT2D eigenvalue weighted by molar-refractivity contribution is -0.121. The molecule has 0 atom stereocenters. The third-order valence-electron chi connectivity index (χ3n) is 3.47. The predicted molar refractivity (Wildman–Crippen MR) is 97.8 cm³/mol. The van der Waals surface area contributed by atoms with Crippen molar-refractivity contribution >= 4 is 17.6 Å². The molecular formula is C19H24N4O2. The summed E-state index contributed by atoms with van der Waals surface area (Å²) in [7, 11) is 0. The SMILES string of the molecule is CC(C)CC(=O)NCc1cccc(NC(=O)NCc2ccncc2)c1. The summed E-state index contributed by atoms with van der Waals surface area (Å²) in [5, 5.41) is 8.47. The van der Waals surface area contributed by atoms with Crippen LogP contribution in [-0.4, -0.2) is 16.9 Å². The standard InChI is InChI=1S/C19H24N4O2/c1-14(2)10-18(24)21-13-16-4-3-5-17(11-16)23-19(25)22-12-15-6-8-20-9-7-15/h3-9,11,14H,10,12-13H2,1-2H3,(H,21,24)(H2,22,23,25). The van der Waals surface area contributed by atoms with Gasteiger partial charge in [-0.15, -0.1) is 0 Å². The summed E-state index contributed by atoms with van der Waals surface area (Å²) in [6.45, 7) is 4.89. The van der Waals surface area contributed by atoms with Crippen LogP contribution >= 0.6 is 0 Å². The Labute approximate surface area is 148 Å². The second kappa shape index (κ2) is 9.42. The van der Waals surface area contributed by atoms with E-state index in [4.69, 9.17) is 0 Å². The lowest BCUT2D eigenvalue weighted by Gasteiger charge is -2.10. The van der Waals surface area contributed by atoms with Gasteiger partial charge in [-0.3, -0.25) is 9.78 Å². The van der Waals surface area contributed by atoms with E-state index < -0.39 is 0 Å². The number of anilines is 1. The topological polar surface area (TPSA) is 83.1 Å². The zero-order valence-electron chi connectivity index (χ0n) is 14.6. The molecule has 0 radical (unpaired) electrons. The van der Waals surface area contributed by atoms with Gasteiger partial charge in [0, 0.05) is 37.6 Å². The summed E-state index contributed by atoms with van der Waals surface area (Å²) in [6, 6.07) is 10.8. The number of benzene rings is 1. The molecule has 0 saturated heterocycles. The molecule has 0 unspecified atom stereocenters. The Balaban J connectivity index is 1.82. The zero-order valence-corrected chi connectivity index (χ0v) is 14.6. The number of hydrogen-bond donors (Lipinski definition) is 3. The number of urea groups is 1. The molecule has 6 nitrogen and oxygen atoms in total. The highest BCUT2D eigenvalue weighted by atomic mass is 16.2. The Kier molecular flexibility index (Phi) is 6.95. The van der Waals surface area contributed by atoms with E-state index >= 15 is 0 Å². The van der Waals surface area contributed by atoms with E-state index in [1.54, 1.807) is 12.4 Å². The van der Waals surface area contributed by atoms with Gasteiger partial charge in [0.1, 0.15) is 0 Å². The Morgan fingerprint density at radius 2 is 1.72 bits per heavy atom. The summed E-state index contributed by atoms with van der Waals surface area (Å²) in [5.41, 5.74) is 2.60. The average molecular weight is 340 g/mol. The van der Waals surface area contributed by atoms with Crippen LogP contribution in [0.2, 0.25) is 0 Å². The highest BCUT2D eigenvalue weighted by Crippen LogP contribution is 2.11. The molecular weight excluding hydrogens is 316 g/mol. The summed E-state index contributed by atoms with van der Waals surface area (Å²) in [5.74, 6) is 0.362. The maximum absolute atomic E-state index is 12.0. The summed E-state index contributed by atoms with van der Waals surface area (Å²) < 4.78 is 0. The van der Waals surface area contributed by atoms with Crippen molar-refractivity contribution in [1.29, 1.82) is 0 Å². The van der Waals surface area contributed by atoms with Crippen LogP contribution in [0.4, 0.5) is 10.5 Å². The van der Waals surface area contributed by atoms with Crippen molar-refractivity contribution in [3.63, 3.8) is 0 Å². The van der Waals surface area contributed by atoms with Gasteiger partial charge >= 0.3 is 6.03 Å². The third kappa shape index (κ3) is 7.03. The second-order valence-corrected chi connectivity index (χ2v) is 6.24. The normalized spacial score (nSPS) is 10.4. The number of amides is 3. The number of hydrogen-bond acceptors (Lipinski definition) is 3. The predicted octanol–water partition coefficient (Wildman–Crippen LogP) is 3.07. The molecule has 3 N–H and O–H groups in total. The molecule has 2 rings (SSSR count). The van der Waals surface area contributed by atoms with Gasteiger partial charge in [0.05, 0.1) is 0 Å². The van der Waals surface area contributed by atoms with E-state index in [0.29, 0.717) is 31.1 Å². The largest absolute Gasteiger partial charge is 0.352 e. The summed E-state index contributed by atoms with van der Waals surface area (Å²) in [4.78, 5) is 27.6. The smallest absolute Gasteiger partial charge is 0.319 e. The van der Waals surface area contributed by atoms with Gasteiger partial charge in [0.25, 0.3) is 0 Å². The molecule has 0 spiro atoms. The Bertz CT molecular complexity index is 702. The van der Waals surface area contributed by atoms with E-state index in [9.17, 15) is 9.59 Å². The first-order valence-electron chi connectivity index (χ1n) is 8.32. The van der Waals surface area contributed by atoms with Gasteiger partial charge < -0.3 is 16.0 Å². The van der Waals surface area contributed by atoms with Crippen LogP contribution in [0.3, 0.4) is 0 Å². The van der Waals surface area contributed by atoms with Crippen molar-refractivity contribution in [2.45, 2.75) is 33.4 Å². The van der Waals surface area contributed by atoms with Crippen LogP contribution in [0.15, 0.2) is 48.8 Å². The first-order chi connectivity index (χ1) is 12.0. The molecule has 3 amide bonds. The quantitative estimate of drug-likeness (QED) is 0.724. The first kappa shape index (κ1) is 18.4. The molecule has 2 aromatic rings. The fourth-order valence-electron chi connectivity index (χ4n) is 2.26. The number of carbonyl (C=O) groups is 2. The van der Waals surface area contributed by atoms with Crippen LogP contribution in [0.25, 0.3) is 0 Å². The molecule has 0 fully saturated rings. The fourth-order valence-corrected chi connectivity index (χ4v) is 2.26. The monoisotopic (exact) mass is 340 g/mol. The van der Waals surface area contributed by atoms with Gasteiger partial charge in [0.2, 0.25) is 5.91 Å². The molecule has 0 aliphatic rings. The number of carbonyl (C=O) groups excluding carboxylic acids is 2. The first-order valence-corrected chi connectivity index (χ1v) is 8.32. The van der Waals surface area contributed by atoms with E-state index in [0.717, 1.165) is 11.1 Å². The molecule has 1 aromatic heterocycles. The average Bonchev–Trinajstić information content (AvgIpc) is 2.59. The number of rotatable bonds is 7. The molecule has 25 heavy (non-hydrogen) atoms. The minimum absolute atomic E-state index is 0.0310. The van der Waals surface area contributed by atoms with Crippen molar-refractivity contribution in [1.82, 2.24) is 15.6 Å². The number of nitrogens with zero attached hydrogens (tertiary/aromatic N) is 1. The molecule has 1 heterocycles. The molecule has 0 bridgehead atoms. The van der Waals surface area contributed by atoms with Crippen molar-refractivity contribution < 1.29 is 9.59 Å². The van der Waals surface area contributed by atoms with E-state index in [-0.39, 0.29) is 11.9 Å². The van der Waals surface area contributed by atoms with Crippen LogP contribution < -0.4 is 16.0 Å². The van der Waals surface area contributed by atoms with Gasteiger partial charge in [-0.2, -0.15) is 0 Å². The third-order valence-corrected chi connectivity index (χ3v) is 3.47. The van der Waals surface area contributed by atoms with Gasteiger partial charge in [-0.25, -0.2) is 4.79 Å². The van der Waals surface area contributed by atoms with Gasteiger partial charge in [-0.1, -0.05) is 26.0 Å². The Hall–Kier alpha value is -2.89.